The van der Waals surface area contributed by atoms with Crippen molar-refractivity contribution in [2.45, 2.75) is 52.1 Å². The smallest absolute Gasteiger partial charge is 0.306 e. The molecule has 6 heteroatoms. The number of nitrogens with one attached hydrogen (secondary N) is 1. The highest BCUT2D eigenvalue weighted by Crippen LogP contribution is 2.04. The topological polar surface area (TPSA) is 67.9 Å². The second-order valence-corrected chi connectivity index (χ2v) is 5.23. The van der Waals surface area contributed by atoms with Crippen LogP contribution in [0.3, 0.4) is 0 Å². The number of esters is 1. The summed E-state index contributed by atoms with van der Waals surface area (Å²) >= 11 is 0. The van der Waals surface area contributed by atoms with Crippen LogP contribution in [0.1, 0.15) is 40.0 Å². The van der Waals surface area contributed by atoms with Gasteiger partial charge in [-0.3, -0.25) is 14.5 Å². The summed E-state index contributed by atoms with van der Waals surface area (Å²) in [6.45, 7) is 7.54. The lowest BCUT2D eigenvalue weighted by Gasteiger charge is -2.28. The summed E-state index contributed by atoms with van der Waals surface area (Å²) in [5.41, 5.74) is 0. The molecule has 0 saturated carbocycles. The van der Waals surface area contributed by atoms with Crippen LogP contribution in [0, 0.1) is 0 Å². The molecule has 0 aliphatic heterocycles. The van der Waals surface area contributed by atoms with Crippen LogP contribution in [0.4, 0.5) is 0 Å². The van der Waals surface area contributed by atoms with E-state index in [1.165, 1.54) is 7.11 Å². The zero-order chi connectivity index (χ0) is 16.3. The largest absolute Gasteiger partial charge is 0.469 e. The molecule has 0 fully saturated rings. The lowest BCUT2D eigenvalue weighted by atomic mass is 10.1. The average Bonchev–Trinajstić information content (AvgIpc) is 2.46. The second kappa shape index (κ2) is 11.5. The van der Waals surface area contributed by atoms with Gasteiger partial charge in [0.1, 0.15) is 0 Å². The van der Waals surface area contributed by atoms with Crippen molar-refractivity contribution in [1.82, 2.24) is 10.2 Å². The van der Waals surface area contributed by atoms with E-state index in [1.807, 2.05) is 18.7 Å². The Morgan fingerprint density at radius 3 is 2.38 bits per heavy atom. The zero-order valence-corrected chi connectivity index (χ0v) is 14.0. The Hall–Kier alpha value is -1.14. The Balaban J connectivity index is 4.49. The fourth-order valence-corrected chi connectivity index (χ4v) is 2.08. The molecule has 6 nitrogen and oxygen atoms in total. The highest BCUT2D eigenvalue weighted by atomic mass is 16.5. The molecule has 0 radical (unpaired) electrons. The summed E-state index contributed by atoms with van der Waals surface area (Å²) in [5, 5.41) is 3.00. The molecule has 124 valence electrons. The number of carbonyl (C=O) groups excluding carboxylic acids is 2. The van der Waals surface area contributed by atoms with Crippen molar-refractivity contribution in [3.05, 3.63) is 0 Å². The maximum absolute atomic E-state index is 12.2. The Morgan fingerprint density at radius 2 is 1.86 bits per heavy atom. The minimum absolute atomic E-state index is 0.0167. The molecule has 2 atom stereocenters. The van der Waals surface area contributed by atoms with Gasteiger partial charge in [-0.2, -0.15) is 0 Å². The van der Waals surface area contributed by atoms with Crippen LogP contribution in [0.5, 0.6) is 0 Å². The van der Waals surface area contributed by atoms with Crippen molar-refractivity contribution < 1.29 is 19.1 Å². The molecular formula is C15H30N2O4. The molecule has 0 spiro atoms. The van der Waals surface area contributed by atoms with Gasteiger partial charge in [0, 0.05) is 26.2 Å². The summed E-state index contributed by atoms with van der Waals surface area (Å²) < 4.78 is 9.71. The van der Waals surface area contributed by atoms with Gasteiger partial charge in [0.05, 0.1) is 26.2 Å². The van der Waals surface area contributed by atoms with E-state index in [1.54, 1.807) is 7.11 Å². The molecule has 0 rings (SSSR count). The number of rotatable bonds is 11. The first-order chi connectivity index (χ1) is 9.96. The summed E-state index contributed by atoms with van der Waals surface area (Å²) in [7, 11) is 2.98. The molecule has 0 aromatic rings. The molecule has 0 aliphatic rings. The predicted molar refractivity (Wildman–Crippen MR) is 82.1 cm³/mol. The Bertz CT molecular complexity index is 310. The summed E-state index contributed by atoms with van der Waals surface area (Å²) in [6, 6.07) is -0.140. The number of nitrogens with zero attached hydrogens (tertiary/aromatic N) is 1. The van der Waals surface area contributed by atoms with Crippen LogP contribution < -0.4 is 5.32 Å². The third-order valence-electron chi connectivity index (χ3n) is 3.45. The fourth-order valence-electron chi connectivity index (χ4n) is 2.08. The van der Waals surface area contributed by atoms with Gasteiger partial charge in [0.25, 0.3) is 0 Å². The average molecular weight is 302 g/mol. The second-order valence-electron chi connectivity index (χ2n) is 5.23. The van der Waals surface area contributed by atoms with E-state index in [4.69, 9.17) is 4.74 Å². The highest BCUT2D eigenvalue weighted by molar-refractivity contribution is 5.81. The third kappa shape index (κ3) is 8.67. The lowest BCUT2D eigenvalue weighted by molar-refractivity contribution is -0.141. The van der Waals surface area contributed by atoms with Crippen molar-refractivity contribution in [2.24, 2.45) is 0 Å². The van der Waals surface area contributed by atoms with E-state index in [9.17, 15) is 9.59 Å². The van der Waals surface area contributed by atoms with E-state index < -0.39 is 0 Å². The zero-order valence-electron chi connectivity index (χ0n) is 14.0. The number of hydrogen-bond donors (Lipinski definition) is 1. The number of amides is 1. The van der Waals surface area contributed by atoms with Gasteiger partial charge < -0.3 is 14.8 Å². The van der Waals surface area contributed by atoms with Crippen LogP contribution in [0.25, 0.3) is 0 Å². The van der Waals surface area contributed by atoms with Crippen molar-refractivity contribution >= 4 is 11.9 Å². The third-order valence-corrected chi connectivity index (χ3v) is 3.45. The van der Waals surface area contributed by atoms with E-state index in [2.05, 4.69) is 17.0 Å². The predicted octanol–water partition coefficient (Wildman–Crippen LogP) is 1.19. The summed E-state index contributed by atoms with van der Waals surface area (Å²) in [5.74, 6) is -0.290. The maximum atomic E-state index is 12.2. The van der Waals surface area contributed by atoms with Gasteiger partial charge in [0.2, 0.25) is 5.91 Å². The van der Waals surface area contributed by atoms with E-state index in [-0.39, 0.29) is 30.4 Å². The Kier molecular flexibility index (Phi) is 10.9. The molecule has 21 heavy (non-hydrogen) atoms. The molecule has 1 N–H and O–H groups in total. The van der Waals surface area contributed by atoms with E-state index in [0.717, 1.165) is 12.8 Å². The minimum Gasteiger partial charge on any atom is -0.469 e. The van der Waals surface area contributed by atoms with Crippen molar-refractivity contribution in [2.75, 3.05) is 33.9 Å². The van der Waals surface area contributed by atoms with Crippen LogP contribution in [0.15, 0.2) is 0 Å². The van der Waals surface area contributed by atoms with Crippen molar-refractivity contribution in [1.29, 1.82) is 0 Å². The Morgan fingerprint density at radius 1 is 1.19 bits per heavy atom. The molecule has 0 aromatic heterocycles. The van der Waals surface area contributed by atoms with E-state index in [0.29, 0.717) is 19.7 Å². The molecule has 0 bridgehead atoms. The first-order valence-corrected chi connectivity index (χ1v) is 7.56. The molecular weight excluding hydrogens is 272 g/mol. The molecule has 0 saturated heterocycles. The quantitative estimate of drug-likeness (QED) is 0.581. The minimum atomic E-state index is -0.302. The first-order valence-electron chi connectivity index (χ1n) is 7.56. The van der Waals surface area contributed by atoms with Crippen LogP contribution >= 0.6 is 0 Å². The SMILES string of the molecule is CCCC(C)NC(=O)C(C)N(CCOC)CCC(=O)OC. The van der Waals surface area contributed by atoms with Gasteiger partial charge in [-0.25, -0.2) is 0 Å². The maximum Gasteiger partial charge on any atom is 0.306 e. The number of carbonyl (C=O) groups is 2. The lowest BCUT2D eigenvalue weighted by Crippen LogP contribution is -2.49. The van der Waals surface area contributed by atoms with Gasteiger partial charge in [-0.1, -0.05) is 13.3 Å². The standard InChI is InChI=1S/C15H30N2O4/c1-6-7-12(2)16-15(19)13(3)17(10-11-20-4)9-8-14(18)21-5/h12-13H,6-11H2,1-5H3,(H,16,19). The number of hydrogen-bond acceptors (Lipinski definition) is 5. The molecule has 0 aliphatic carbocycles. The van der Waals surface area contributed by atoms with Gasteiger partial charge in [-0.15, -0.1) is 0 Å². The monoisotopic (exact) mass is 302 g/mol. The van der Waals surface area contributed by atoms with Gasteiger partial charge in [0.15, 0.2) is 0 Å². The van der Waals surface area contributed by atoms with Gasteiger partial charge >= 0.3 is 5.97 Å². The summed E-state index contributed by atoms with van der Waals surface area (Å²) in [6.07, 6.45) is 2.26. The summed E-state index contributed by atoms with van der Waals surface area (Å²) in [4.78, 5) is 25.4. The number of ether oxygens (including phenoxy) is 2. The Labute approximate surface area is 128 Å². The van der Waals surface area contributed by atoms with Crippen LogP contribution in [0.2, 0.25) is 0 Å². The van der Waals surface area contributed by atoms with Crippen LogP contribution in [-0.4, -0.2) is 62.8 Å². The van der Waals surface area contributed by atoms with Crippen LogP contribution in [-0.2, 0) is 19.1 Å². The molecule has 2 unspecified atom stereocenters. The number of methoxy groups -OCH3 is 2. The highest BCUT2D eigenvalue weighted by Gasteiger charge is 2.22. The van der Waals surface area contributed by atoms with Crippen molar-refractivity contribution in [3.63, 3.8) is 0 Å². The van der Waals surface area contributed by atoms with Gasteiger partial charge in [-0.05, 0) is 20.3 Å². The molecule has 1 amide bonds. The van der Waals surface area contributed by atoms with E-state index >= 15 is 0 Å². The fraction of sp³-hybridized carbons (Fsp3) is 0.867. The van der Waals surface area contributed by atoms with Crippen molar-refractivity contribution in [3.8, 4) is 0 Å². The first kappa shape index (κ1) is 19.9. The molecule has 0 aromatic carbocycles. The molecule has 0 heterocycles. The normalized spacial score (nSPS) is 13.8.